The maximum absolute atomic E-state index is 12.2. The lowest BCUT2D eigenvalue weighted by Gasteiger charge is -2.30. The van der Waals surface area contributed by atoms with Crippen molar-refractivity contribution < 1.29 is 4.74 Å². The van der Waals surface area contributed by atoms with E-state index in [0.29, 0.717) is 29.9 Å². The number of hydrogen-bond donors (Lipinski definition) is 1. The first kappa shape index (κ1) is 11.7. The zero-order valence-corrected chi connectivity index (χ0v) is 11.0. The molecule has 2 aliphatic rings. The van der Waals surface area contributed by atoms with E-state index in [9.17, 15) is 9.59 Å². The van der Waals surface area contributed by atoms with Crippen molar-refractivity contribution in [1.82, 2.24) is 14.6 Å². The van der Waals surface area contributed by atoms with Gasteiger partial charge < -0.3 is 14.7 Å². The highest BCUT2D eigenvalue weighted by atomic mass is 16.5. The minimum atomic E-state index is -0.221. The summed E-state index contributed by atoms with van der Waals surface area (Å²) in [5.74, 6) is 0.508. The normalized spacial score (nSPS) is 24.8. The minimum absolute atomic E-state index is 0.164. The number of pyridine rings is 1. The summed E-state index contributed by atoms with van der Waals surface area (Å²) in [6.45, 7) is 3.02. The number of aromatic nitrogens is 3. The van der Waals surface area contributed by atoms with Gasteiger partial charge in [-0.25, -0.2) is 9.66 Å². The van der Waals surface area contributed by atoms with E-state index in [0.717, 1.165) is 6.42 Å². The van der Waals surface area contributed by atoms with Crippen LogP contribution < -0.4 is 16.1 Å². The fraction of sp³-hybridized carbons (Fsp3) is 0.462. The highest BCUT2D eigenvalue weighted by molar-refractivity contribution is 5.76. The van der Waals surface area contributed by atoms with E-state index in [-0.39, 0.29) is 23.3 Å². The Balaban J connectivity index is 1.91. The number of nitrogens with one attached hydrogen (secondary N) is 1. The molecule has 2 fully saturated rings. The lowest BCUT2D eigenvalue weighted by atomic mass is 10.2. The van der Waals surface area contributed by atoms with E-state index in [1.807, 2.05) is 5.01 Å². The number of nitrogens with zero attached hydrogens (tertiary/aromatic N) is 3. The number of rotatable bonds is 1. The average molecular weight is 274 g/mol. The monoisotopic (exact) mass is 274 g/mol. The van der Waals surface area contributed by atoms with E-state index in [4.69, 9.17) is 4.74 Å². The zero-order valence-electron chi connectivity index (χ0n) is 11.0. The van der Waals surface area contributed by atoms with Crippen molar-refractivity contribution in [1.29, 1.82) is 0 Å². The molecule has 7 heteroatoms. The highest BCUT2D eigenvalue weighted by Gasteiger charge is 2.39. The third-order valence-corrected chi connectivity index (χ3v) is 3.99. The summed E-state index contributed by atoms with van der Waals surface area (Å²) < 4.78 is 7.06. The van der Waals surface area contributed by atoms with Crippen molar-refractivity contribution in [2.24, 2.45) is 0 Å². The van der Waals surface area contributed by atoms with E-state index >= 15 is 0 Å². The van der Waals surface area contributed by atoms with E-state index < -0.39 is 0 Å². The summed E-state index contributed by atoms with van der Waals surface area (Å²) in [6.07, 6.45) is 2.72. The molecule has 4 rings (SSSR count). The Morgan fingerprint density at radius 1 is 1.45 bits per heavy atom. The van der Waals surface area contributed by atoms with Crippen molar-refractivity contribution in [3.63, 3.8) is 0 Å². The molecule has 0 aliphatic carbocycles. The van der Waals surface area contributed by atoms with Gasteiger partial charge in [-0.15, -0.1) is 0 Å². The summed E-state index contributed by atoms with van der Waals surface area (Å²) in [6, 6.07) is 1.64. The van der Waals surface area contributed by atoms with Gasteiger partial charge in [0.1, 0.15) is 5.82 Å². The Kier molecular flexibility index (Phi) is 2.29. The molecule has 2 aromatic rings. The predicted octanol–water partition coefficient (Wildman–Crippen LogP) is -0.498. The molecule has 2 atom stereocenters. The van der Waals surface area contributed by atoms with Gasteiger partial charge in [0.2, 0.25) is 0 Å². The van der Waals surface area contributed by atoms with Crippen LogP contribution in [0.2, 0.25) is 0 Å². The van der Waals surface area contributed by atoms with Crippen LogP contribution in [0.5, 0.6) is 0 Å². The second-order valence-electron chi connectivity index (χ2n) is 5.37. The molecular formula is C13H14N4O3. The standard InChI is InChI=1S/C13H14N4O3/c1-7-14-11-3-12(18)17(5-10(11)13(19)15-7)16-4-9-2-8(16)6-20-9/h3,5,8-9H,2,4,6H2,1H3,(H,14,15,19). The largest absolute Gasteiger partial charge is 0.374 e. The second kappa shape index (κ2) is 3.92. The third kappa shape index (κ3) is 1.59. The highest BCUT2D eigenvalue weighted by Crippen LogP contribution is 2.25. The molecule has 0 amide bonds. The fourth-order valence-electron chi connectivity index (χ4n) is 3.06. The van der Waals surface area contributed by atoms with Gasteiger partial charge in [0.05, 0.1) is 36.2 Å². The molecule has 0 spiro atoms. The van der Waals surface area contributed by atoms with Crippen LogP contribution in [0, 0.1) is 6.92 Å². The molecule has 2 unspecified atom stereocenters. The van der Waals surface area contributed by atoms with Gasteiger partial charge in [0, 0.05) is 12.3 Å². The van der Waals surface area contributed by atoms with Crippen molar-refractivity contribution >= 4 is 10.9 Å². The molecule has 0 saturated carbocycles. The summed E-state index contributed by atoms with van der Waals surface area (Å²) in [5, 5.41) is 2.41. The van der Waals surface area contributed by atoms with Crippen LogP contribution in [-0.4, -0.2) is 39.9 Å². The van der Waals surface area contributed by atoms with Crippen LogP contribution in [-0.2, 0) is 4.74 Å². The number of fused-ring (bicyclic) bond motifs is 3. The average Bonchev–Trinajstić information content (AvgIpc) is 2.99. The van der Waals surface area contributed by atoms with Gasteiger partial charge >= 0.3 is 0 Å². The van der Waals surface area contributed by atoms with Crippen LogP contribution in [0.4, 0.5) is 0 Å². The van der Waals surface area contributed by atoms with Gasteiger partial charge in [0.15, 0.2) is 0 Å². The molecule has 20 heavy (non-hydrogen) atoms. The number of hydrogen-bond acceptors (Lipinski definition) is 5. The van der Waals surface area contributed by atoms with Crippen LogP contribution >= 0.6 is 0 Å². The molecule has 4 heterocycles. The molecule has 0 radical (unpaired) electrons. The molecular weight excluding hydrogens is 260 g/mol. The molecule has 2 aromatic heterocycles. The Labute approximate surface area is 113 Å². The molecule has 2 saturated heterocycles. The smallest absolute Gasteiger partial charge is 0.271 e. The molecule has 0 aromatic carbocycles. The topological polar surface area (TPSA) is 80.2 Å². The number of H-pyrrole nitrogens is 1. The Bertz CT molecular complexity index is 809. The Morgan fingerprint density at radius 2 is 2.30 bits per heavy atom. The summed E-state index contributed by atoms with van der Waals surface area (Å²) in [4.78, 5) is 31.1. The first-order valence-electron chi connectivity index (χ1n) is 6.64. The number of morpholine rings is 1. The number of aryl methyl sites for hydroxylation is 1. The van der Waals surface area contributed by atoms with Gasteiger partial charge in [0.25, 0.3) is 11.1 Å². The van der Waals surface area contributed by atoms with E-state index in [1.165, 1.54) is 10.7 Å². The number of aromatic amines is 1. The lowest BCUT2D eigenvalue weighted by Crippen LogP contribution is -2.49. The summed E-state index contributed by atoms with van der Waals surface area (Å²) in [5.41, 5.74) is 0.0533. The Morgan fingerprint density at radius 3 is 3.00 bits per heavy atom. The third-order valence-electron chi connectivity index (χ3n) is 3.99. The van der Waals surface area contributed by atoms with Crippen molar-refractivity contribution in [2.75, 3.05) is 18.2 Å². The van der Waals surface area contributed by atoms with Gasteiger partial charge in [-0.1, -0.05) is 0 Å². The maximum Gasteiger partial charge on any atom is 0.271 e. The molecule has 7 nitrogen and oxygen atoms in total. The van der Waals surface area contributed by atoms with Crippen LogP contribution in [0.15, 0.2) is 21.9 Å². The molecule has 2 aliphatic heterocycles. The van der Waals surface area contributed by atoms with E-state index in [1.54, 1.807) is 13.1 Å². The number of ether oxygens (including phenoxy) is 1. The van der Waals surface area contributed by atoms with Crippen LogP contribution in [0.3, 0.4) is 0 Å². The van der Waals surface area contributed by atoms with Gasteiger partial charge in [-0.05, 0) is 13.3 Å². The van der Waals surface area contributed by atoms with Crippen LogP contribution in [0.25, 0.3) is 10.9 Å². The zero-order chi connectivity index (χ0) is 13.9. The maximum atomic E-state index is 12.2. The van der Waals surface area contributed by atoms with Gasteiger partial charge in [-0.3, -0.25) is 9.59 Å². The summed E-state index contributed by atoms with van der Waals surface area (Å²) in [7, 11) is 0. The predicted molar refractivity (Wildman–Crippen MR) is 72.6 cm³/mol. The van der Waals surface area contributed by atoms with Gasteiger partial charge in [-0.2, -0.15) is 0 Å². The lowest BCUT2D eigenvalue weighted by molar-refractivity contribution is 0.0906. The van der Waals surface area contributed by atoms with Crippen molar-refractivity contribution in [3.8, 4) is 0 Å². The summed E-state index contributed by atoms with van der Waals surface area (Å²) >= 11 is 0. The molecule has 104 valence electrons. The van der Waals surface area contributed by atoms with Crippen molar-refractivity contribution in [2.45, 2.75) is 25.5 Å². The minimum Gasteiger partial charge on any atom is -0.374 e. The fourth-order valence-corrected chi connectivity index (χ4v) is 3.06. The SMILES string of the molecule is Cc1nc2cc(=O)n(N3CC4CC3CO4)cc2c(=O)[nH]1. The second-order valence-corrected chi connectivity index (χ2v) is 5.37. The van der Waals surface area contributed by atoms with Crippen LogP contribution in [0.1, 0.15) is 12.2 Å². The molecule has 1 N–H and O–H groups in total. The van der Waals surface area contributed by atoms with E-state index in [2.05, 4.69) is 9.97 Å². The first-order valence-corrected chi connectivity index (χ1v) is 6.64. The quantitative estimate of drug-likeness (QED) is 0.758. The molecule has 2 bridgehead atoms. The van der Waals surface area contributed by atoms with Crippen molar-refractivity contribution in [3.05, 3.63) is 38.8 Å². The Hall–Kier alpha value is -2.15. The first-order chi connectivity index (χ1) is 9.61.